The Morgan fingerprint density at radius 3 is 2.59 bits per heavy atom. The van der Waals surface area contributed by atoms with Gasteiger partial charge in [0.05, 0.1) is 6.42 Å². The van der Waals surface area contributed by atoms with Crippen molar-refractivity contribution in [2.75, 3.05) is 0 Å². The second-order valence-corrected chi connectivity index (χ2v) is 5.05. The summed E-state index contributed by atoms with van der Waals surface area (Å²) in [6.07, 6.45) is 0.415. The van der Waals surface area contributed by atoms with Crippen LogP contribution in [-0.2, 0) is 17.8 Å². The first-order valence-electron chi connectivity index (χ1n) is 5.30. The zero-order valence-electron chi connectivity index (χ0n) is 9.22. The third-order valence-electron chi connectivity index (χ3n) is 2.37. The molecule has 2 rings (SSSR count). The van der Waals surface area contributed by atoms with Crippen LogP contribution in [0.15, 0.2) is 46.0 Å². The minimum Gasteiger partial charge on any atom is -0.352 e. The van der Waals surface area contributed by atoms with Gasteiger partial charge in [-0.3, -0.25) is 4.79 Å². The van der Waals surface area contributed by atoms with E-state index in [0.29, 0.717) is 13.0 Å². The summed E-state index contributed by atoms with van der Waals surface area (Å²) < 4.78 is 0. The monoisotopic (exact) mass is 263 g/mol. The van der Waals surface area contributed by atoms with Crippen LogP contribution < -0.4 is 5.32 Å². The molecule has 1 aromatic heterocycles. The van der Waals surface area contributed by atoms with E-state index in [1.54, 1.807) is 11.3 Å². The van der Waals surface area contributed by atoms with Gasteiger partial charge < -0.3 is 5.32 Å². The fraction of sp³-hybridized carbons (Fsp3) is 0.154. The highest BCUT2D eigenvalue weighted by atomic mass is 32.1. The average molecular weight is 263 g/mol. The first-order chi connectivity index (χ1) is 8.24. The number of thiol groups is 1. The molecular formula is C13H13NOS2. The van der Waals surface area contributed by atoms with Gasteiger partial charge in [0.2, 0.25) is 5.91 Å². The molecule has 1 amide bonds. The standard InChI is InChI=1S/C13H13NOS2/c15-13(14-8-11-5-6-17-9-11)7-10-1-3-12(16)4-2-10/h1-6,9,16H,7-8H2,(H,14,15). The van der Waals surface area contributed by atoms with Crippen molar-refractivity contribution in [2.24, 2.45) is 0 Å². The molecule has 0 fully saturated rings. The zero-order chi connectivity index (χ0) is 12.1. The Bertz CT molecular complexity index is 477. The van der Waals surface area contributed by atoms with Crippen molar-refractivity contribution in [2.45, 2.75) is 17.9 Å². The second-order valence-electron chi connectivity index (χ2n) is 3.75. The third kappa shape index (κ3) is 3.91. The maximum atomic E-state index is 11.7. The number of amides is 1. The van der Waals surface area contributed by atoms with E-state index in [4.69, 9.17) is 0 Å². The molecule has 0 saturated carbocycles. The highest BCUT2D eigenvalue weighted by molar-refractivity contribution is 7.80. The van der Waals surface area contributed by atoms with E-state index >= 15 is 0 Å². The minimum absolute atomic E-state index is 0.0446. The van der Waals surface area contributed by atoms with E-state index in [-0.39, 0.29) is 5.91 Å². The van der Waals surface area contributed by atoms with Gasteiger partial charge >= 0.3 is 0 Å². The molecule has 1 heterocycles. The summed E-state index contributed by atoms with van der Waals surface area (Å²) in [5.41, 5.74) is 2.15. The van der Waals surface area contributed by atoms with Crippen molar-refractivity contribution in [1.82, 2.24) is 5.32 Å². The lowest BCUT2D eigenvalue weighted by atomic mass is 10.1. The van der Waals surface area contributed by atoms with E-state index in [0.717, 1.165) is 16.0 Å². The van der Waals surface area contributed by atoms with Gasteiger partial charge in [-0.1, -0.05) is 12.1 Å². The van der Waals surface area contributed by atoms with Gasteiger partial charge in [-0.05, 0) is 40.1 Å². The SMILES string of the molecule is O=C(Cc1ccc(S)cc1)NCc1ccsc1. The van der Waals surface area contributed by atoms with E-state index < -0.39 is 0 Å². The molecule has 0 unspecified atom stereocenters. The van der Waals surface area contributed by atoms with Crippen LogP contribution in [0.1, 0.15) is 11.1 Å². The van der Waals surface area contributed by atoms with Crippen molar-refractivity contribution in [3.63, 3.8) is 0 Å². The van der Waals surface area contributed by atoms with Gasteiger partial charge in [0.25, 0.3) is 0 Å². The first-order valence-corrected chi connectivity index (χ1v) is 6.69. The molecule has 2 nitrogen and oxygen atoms in total. The van der Waals surface area contributed by atoms with Gasteiger partial charge in [0, 0.05) is 11.4 Å². The highest BCUT2D eigenvalue weighted by Crippen LogP contribution is 2.09. The summed E-state index contributed by atoms with van der Waals surface area (Å²) in [5.74, 6) is 0.0446. The molecule has 0 spiro atoms. The molecule has 0 radical (unpaired) electrons. The van der Waals surface area contributed by atoms with Gasteiger partial charge in [-0.15, -0.1) is 12.6 Å². The predicted octanol–water partition coefficient (Wildman–Crippen LogP) is 2.90. The lowest BCUT2D eigenvalue weighted by Crippen LogP contribution is -2.24. The highest BCUT2D eigenvalue weighted by Gasteiger charge is 2.03. The number of thiophene rings is 1. The van der Waals surface area contributed by atoms with Crippen LogP contribution in [0.3, 0.4) is 0 Å². The van der Waals surface area contributed by atoms with Crippen molar-refractivity contribution >= 4 is 29.9 Å². The Morgan fingerprint density at radius 1 is 1.18 bits per heavy atom. The number of hydrogen-bond donors (Lipinski definition) is 2. The molecule has 17 heavy (non-hydrogen) atoms. The Balaban J connectivity index is 1.83. The van der Waals surface area contributed by atoms with E-state index in [2.05, 4.69) is 17.9 Å². The molecular weight excluding hydrogens is 250 g/mol. The molecule has 0 aliphatic rings. The smallest absolute Gasteiger partial charge is 0.224 e. The average Bonchev–Trinajstić information content (AvgIpc) is 2.83. The second kappa shape index (κ2) is 5.89. The molecule has 1 N–H and O–H groups in total. The van der Waals surface area contributed by atoms with E-state index in [9.17, 15) is 4.79 Å². The fourth-order valence-corrected chi connectivity index (χ4v) is 2.27. The lowest BCUT2D eigenvalue weighted by molar-refractivity contribution is -0.120. The largest absolute Gasteiger partial charge is 0.352 e. The fourth-order valence-electron chi connectivity index (χ4n) is 1.46. The molecule has 2 aromatic rings. The van der Waals surface area contributed by atoms with Crippen molar-refractivity contribution in [1.29, 1.82) is 0 Å². The van der Waals surface area contributed by atoms with Crippen molar-refractivity contribution < 1.29 is 4.79 Å². The summed E-state index contributed by atoms with van der Waals surface area (Å²) in [6.45, 7) is 0.604. The minimum atomic E-state index is 0.0446. The molecule has 1 aromatic carbocycles. The van der Waals surface area contributed by atoms with Crippen LogP contribution in [-0.4, -0.2) is 5.91 Å². The van der Waals surface area contributed by atoms with E-state index in [1.807, 2.05) is 41.1 Å². The number of carbonyl (C=O) groups is 1. The van der Waals surface area contributed by atoms with Crippen molar-refractivity contribution in [3.8, 4) is 0 Å². The molecule has 4 heteroatoms. The van der Waals surface area contributed by atoms with Crippen LogP contribution in [0.2, 0.25) is 0 Å². The van der Waals surface area contributed by atoms with Crippen LogP contribution in [0.25, 0.3) is 0 Å². The number of hydrogen-bond acceptors (Lipinski definition) is 3. The maximum absolute atomic E-state index is 11.7. The topological polar surface area (TPSA) is 29.1 Å². The molecule has 0 bridgehead atoms. The Labute approximate surface area is 110 Å². The number of benzene rings is 1. The van der Waals surface area contributed by atoms with Crippen LogP contribution in [0.5, 0.6) is 0 Å². The van der Waals surface area contributed by atoms with Crippen molar-refractivity contribution in [3.05, 3.63) is 52.2 Å². The van der Waals surface area contributed by atoms with Crippen LogP contribution in [0.4, 0.5) is 0 Å². The number of nitrogens with one attached hydrogen (secondary N) is 1. The zero-order valence-corrected chi connectivity index (χ0v) is 10.9. The molecule has 88 valence electrons. The number of carbonyl (C=O) groups excluding carboxylic acids is 1. The van der Waals surface area contributed by atoms with E-state index in [1.165, 1.54) is 0 Å². The Kier molecular flexibility index (Phi) is 4.23. The molecule has 0 aliphatic carbocycles. The predicted molar refractivity (Wildman–Crippen MR) is 73.6 cm³/mol. The van der Waals surface area contributed by atoms with Gasteiger partial charge in [0.1, 0.15) is 0 Å². The summed E-state index contributed by atoms with van der Waals surface area (Å²) >= 11 is 5.84. The van der Waals surface area contributed by atoms with Gasteiger partial charge in [-0.2, -0.15) is 11.3 Å². The third-order valence-corrected chi connectivity index (χ3v) is 3.40. The summed E-state index contributed by atoms with van der Waals surface area (Å²) in [6, 6.07) is 9.65. The van der Waals surface area contributed by atoms with Gasteiger partial charge in [-0.25, -0.2) is 0 Å². The Morgan fingerprint density at radius 2 is 1.94 bits per heavy atom. The Hall–Kier alpha value is -1.26. The molecule has 0 aliphatic heterocycles. The van der Waals surface area contributed by atoms with Crippen LogP contribution >= 0.6 is 24.0 Å². The van der Waals surface area contributed by atoms with Gasteiger partial charge in [0.15, 0.2) is 0 Å². The molecule has 0 atom stereocenters. The summed E-state index contributed by atoms with van der Waals surface area (Å²) in [7, 11) is 0. The maximum Gasteiger partial charge on any atom is 0.224 e. The number of rotatable bonds is 4. The van der Waals surface area contributed by atoms with Crippen LogP contribution in [0, 0.1) is 0 Å². The molecule has 0 saturated heterocycles. The first kappa shape index (κ1) is 12.2. The normalized spacial score (nSPS) is 10.2. The summed E-state index contributed by atoms with van der Waals surface area (Å²) in [5, 5.41) is 6.94. The lowest BCUT2D eigenvalue weighted by Gasteiger charge is -2.04. The quantitative estimate of drug-likeness (QED) is 0.816. The summed E-state index contributed by atoms with van der Waals surface area (Å²) in [4.78, 5) is 12.6.